The number of rotatable bonds is 6. The van der Waals surface area contributed by atoms with E-state index in [-0.39, 0.29) is 5.41 Å². The number of benzene rings is 1. The van der Waals surface area contributed by atoms with Crippen molar-refractivity contribution < 1.29 is 0 Å². The molecule has 0 unspecified atom stereocenters. The highest BCUT2D eigenvalue weighted by Crippen LogP contribution is 2.52. The summed E-state index contributed by atoms with van der Waals surface area (Å²) < 4.78 is 0. The highest BCUT2D eigenvalue weighted by Gasteiger charge is 2.49. The van der Waals surface area contributed by atoms with E-state index < -0.39 is 0 Å². The van der Waals surface area contributed by atoms with Crippen molar-refractivity contribution in [2.45, 2.75) is 63.2 Å². The second-order valence-electron chi connectivity index (χ2n) is 6.93. The van der Waals surface area contributed by atoms with Gasteiger partial charge in [0, 0.05) is 10.9 Å². The van der Waals surface area contributed by atoms with Crippen LogP contribution >= 0.6 is 11.6 Å². The van der Waals surface area contributed by atoms with Gasteiger partial charge in [-0.25, -0.2) is 4.98 Å². The maximum Gasteiger partial charge on any atom is 0.161 e. The Labute approximate surface area is 142 Å². The topological polar surface area (TPSA) is 38.7 Å². The average molecular weight is 328 g/mol. The molecule has 120 valence electrons. The molecule has 2 saturated carbocycles. The monoisotopic (exact) mass is 327 g/mol. The molecule has 2 aliphatic rings. The lowest BCUT2D eigenvalue weighted by Gasteiger charge is -2.16. The van der Waals surface area contributed by atoms with E-state index in [1.807, 2.05) is 12.1 Å². The van der Waals surface area contributed by atoms with Crippen LogP contribution in [0.4, 0.5) is 0 Å². The highest BCUT2D eigenvalue weighted by molar-refractivity contribution is 6.30. The van der Waals surface area contributed by atoms with Gasteiger partial charge in [0.05, 0.1) is 16.8 Å². The Morgan fingerprint density at radius 2 is 1.87 bits per heavy atom. The number of hydrogen-bond donors (Lipinski definition) is 0. The molecular weight excluding hydrogens is 306 g/mol. The van der Waals surface area contributed by atoms with E-state index in [0.29, 0.717) is 5.92 Å². The Balaban J connectivity index is 1.69. The summed E-state index contributed by atoms with van der Waals surface area (Å²) in [6, 6.07) is 8.14. The molecule has 4 heteroatoms. The van der Waals surface area contributed by atoms with Crippen LogP contribution in [0.3, 0.4) is 0 Å². The van der Waals surface area contributed by atoms with Gasteiger partial charge in [0.15, 0.2) is 5.82 Å². The molecule has 23 heavy (non-hydrogen) atoms. The number of hydrogen-bond acceptors (Lipinski definition) is 3. The average Bonchev–Trinajstić information content (AvgIpc) is 3.47. The predicted molar refractivity (Wildman–Crippen MR) is 91.9 cm³/mol. The number of nitrogens with zero attached hydrogens (tertiary/aromatic N) is 3. The number of aryl methyl sites for hydroxylation is 1. The normalized spacial score (nSPS) is 18.9. The second-order valence-corrected chi connectivity index (χ2v) is 7.37. The minimum absolute atomic E-state index is 0.0271. The van der Waals surface area contributed by atoms with Crippen molar-refractivity contribution >= 4 is 11.6 Å². The molecule has 2 fully saturated rings. The molecule has 2 aliphatic carbocycles. The van der Waals surface area contributed by atoms with E-state index in [2.05, 4.69) is 29.3 Å². The molecule has 0 saturated heterocycles. The fourth-order valence-electron chi connectivity index (χ4n) is 3.31. The highest BCUT2D eigenvalue weighted by atomic mass is 35.5. The van der Waals surface area contributed by atoms with Crippen LogP contribution in [0.25, 0.3) is 0 Å². The zero-order valence-electron chi connectivity index (χ0n) is 13.6. The molecule has 2 aromatic rings. The molecule has 1 heterocycles. The lowest BCUT2D eigenvalue weighted by atomic mass is 9.95. The van der Waals surface area contributed by atoms with Crippen molar-refractivity contribution in [1.82, 2.24) is 15.2 Å². The molecule has 3 nitrogen and oxygen atoms in total. The Kier molecular flexibility index (Phi) is 3.84. The van der Waals surface area contributed by atoms with Crippen molar-refractivity contribution in [2.24, 2.45) is 0 Å². The van der Waals surface area contributed by atoms with Gasteiger partial charge >= 0.3 is 0 Å². The summed E-state index contributed by atoms with van der Waals surface area (Å²) in [7, 11) is 0. The molecule has 0 atom stereocenters. The Morgan fingerprint density at radius 1 is 1.13 bits per heavy atom. The molecular formula is C19H22ClN3. The van der Waals surface area contributed by atoms with Gasteiger partial charge in [0.1, 0.15) is 0 Å². The lowest BCUT2D eigenvalue weighted by molar-refractivity contribution is 0.662. The number of unbranched alkanes of at least 4 members (excludes halogenated alkanes) is 1. The lowest BCUT2D eigenvalue weighted by Crippen LogP contribution is -2.17. The largest absolute Gasteiger partial charge is 0.233 e. The molecule has 0 spiro atoms. The van der Waals surface area contributed by atoms with Gasteiger partial charge in [-0.3, -0.25) is 0 Å². The van der Waals surface area contributed by atoms with Crippen LogP contribution in [0.15, 0.2) is 24.3 Å². The summed E-state index contributed by atoms with van der Waals surface area (Å²) in [5, 5.41) is 9.93. The summed E-state index contributed by atoms with van der Waals surface area (Å²) in [6.07, 6.45) is 8.09. The van der Waals surface area contributed by atoms with Crippen LogP contribution in [0.2, 0.25) is 5.02 Å². The minimum atomic E-state index is -0.0271. The van der Waals surface area contributed by atoms with Crippen molar-refractivity contribution in [3.8, 4) is 0 Å². The third kappa shape index (κ3) is 2.87. The predicted octanol–water partition coefficient (Wildman–Crippen LogP) is 4.82. The molecule has 0 radical (unpaired) electrons. The third-order valence-corrected chi connectivity index (χ3v) is 5.35. The van der Waals surface area contributed by atoms with Gasteiger partial charge in [0.2, 0.25) is 0 Å². The summed E-state index contributed by atoms with van der Waals surface area (Å²) in [4.78, 5) is 5.00. The van der Waals surface area contributed by atoms with E-state index in [0.717, 1.165) is 35.8 Å². The quantitative estimate of drug-likeness (QED) is 0.763. The fraction of sp³-hybridized carbons (Fsp3) is 0.526. The van der Waals surface area contributed by atoms with Crippen LogP contribution in [-0.2, 0) is 11.8 Å². The Hall–Kier alpha value is -1.48. The van der Waals surface area contributed by atoms with Gasteiger partial charge in [-0.1, -0.05) is 37.1 Å². The van der Waals surface area contributed by atoms with E-state index in [4.69, 9.17) is 16.6 Å². The van der Waals surface area contributed by atoms with Gasteiger partial charge in [0.25, 0.3) is 0 Å². The van der Waals surface area contributed by atoms with Gasteiger partial charge in [-0.05, 0) is 56.2 Å². The van der Waals surface area contributed by atoms with Crippen LogP contribution in [-0.4, -0.2) is 15.2 Å². The van der Waals surface area contributed by atoms with Crippen molar-refractivity contribution in [1.29, 1.82) is 0 Å². The van der Waals surface area contributed by atoms with E-state index in [1.165, 1.54) is 36.9 Å². The molecule has 4 rings (SSSR count). The summed E-state index contributed by atoms with van der Waals surface area (Å²) in [5.41, 5.74) is 3.60. The Morgan fingerprint density at radius 3 is 2.48 bits per heavy atom. The summed E-state index contributed by atoms with van der Waals surface area (Å²) >= 11 is 6.03. The maximum absolute atomic E-state index is 6.03. The minimum Gasteiger partial charge on any atom is -0.233 e. The first-order valence-corrected chi connectivity index (χ1v) is 9.11. The SMILES string of the molecule is CCCCc1nc(C2(c3ccc(Cl)cc3)CC2)nnc1C1CC1. The van der Waals surface area contributed by atoms with Gasteiger partial charge < -0.3 is 0 Å². The van der Waals surface area contributed by atoms with Crippen LogP contribution in [0, 0.1) is 0 Å². The standard InChI is InChI=1S/C19H22ClN3/c1-2-3-4-16-17(13-5-6-13)22-23-18(21-16)19(11-12-19)14-7-9-15(20)10-8-14/h7-10,13H,2-6,11-12H2,1H3. The maximum atomic E-state index is 6.03. The van der Waals surface area contributed by atoms with Crippen molar-refractivity contribution in [3.05, 3.63) is 52.1 Å². The smallest absolute Gasteiger partial charge is 0.161 e. The first kappa shape index (κ1) is 15.1. The molecule has 0 aliphatic heterocycles. The van der Waals surface area contributed by atoms with Crippen molar-refractivity contribution in [3.63, 3.8) is 0 Å². The van der Waals surface area contributed by atoms with Gasteiger partial charge in [-0.2, -0.15) is 5.10 Å². The van der Waals surface area contributed by atoms with Crippen LogP contribution in [0.1, 0.15) is 74.1 Å². The molecule has 1 aromatic carbocycles. The van der Waals surface area contributed by atoms with Gasteiger partial charge in [-0.15, -0.1) is 5.10 Å². The van der Waals surface area contributed by atoms with Crippen LogP contribution < -0.4 is 0 Å². The molecule has 0 N–H and O–H groups in total. The van der Waals surface area contributed by atoms with E-state index >= 15 is 0 Å². The zero-order valence-corrected chi connectivity index (χ0v) is 14.3. The summed E-state index contributed by atoms with van der Waals surface area (Å²) in [6.45, 7) is 2.22. The molecule has 0 bridgehead atoms. The zero-order chi connectivity index (χ0) is 15.9. The molecule has 0 amide bonds. The first-order chi connectivity index (χ1) is 11.2. The first-order valence-electron chi connectivity index (χ1n) is 8.73. The number of aromatic nitrogens is 3. The van der Waals surface area contributed by atoms with E-state index in [9.17, 15) is 0 Å². The third-order valence-electron chi connectivity index (χ3n) is 5.10. The fourth-order valence-corrected chi connectivity index (χ4v) is 3.43. The summed E-state index contributed by atoms with van der Waals surface area (Å²) in [5.74, 6) is 1.52. The number of halogens is 1. The van der Waals surface area contributed by atoms with Crippen LogP contribution in [0.5, 0.6) is 0 Å². The van der Waals surface area contributed by atoms with Crippen molar-refractivity contribution in [2.75, 3.05) is 0 Å². The Bertz CT molecular complexity index is 703. The second kappa shape index (κ2) is 5.86. The van der Waals surface area contributed by atoms with E-state index in [1.54, 1.807) is 0 Å². The molecule has 1 aromatic heterocycles.